The normalized spacial score (nSPS) is 20.5. The lowest BCUT2D eigenvalue weighted by Crippen LogP contribution is -2.51. The summed E-state index contributed by atoms with van der Waals surface area (Å²) in [4.78, 5) is 0. The van der Waals surface area contributed by atoms with E-state index in [1.807, 2.05) is 0 Å². The number of terminal acetylenes is 1. The van der Waals surface area contributed by atoms with Crippen LogP contribution < -0.4 is 0 Å². The molecule has 1 nitrogen and oxygen atoms in total. The zero-order valence-corrected chi connectivity index (χ0v) is 14.8. The molecule has 110 valence electrons. The Balaban J connectivity index is 2.87. The Morgan fingerprint density at radius 2 is 1.89 bits per heavy atom. The molecule has 0 N–H and O–H groups in total. The van der Waals surface area contributed by atoms with Crippen molar-refractivity contribution >= 4 is 8.32 Å². The first-order valence-electron chi connectivity index (χ1n) is 7.80. The topological polar surface area (TPSA) is 9.23 Å². The highest BCUT2D eigenvalue weighted by Gasteiger charge is 2.48. The minimum atomic E-state index is -1.72. The Kier molecular flexibility index (Phi) is 5.32. The van der Waals surface area contributed by atoms with Crippen LogP contribution in [0.4, 0.5) is 0 Å². The van der Waals surface area contributed by atoms with Gasteiger partial charge in [0.05, 0.1) is 6.10 Å². The SMILES string of the molecule is C#CCC(O[Si](C)(C)C(C)(C)C)C1(CCC)CCC1. The molecule has 0 aromatic carbocycles. The third kappa shape index (κ3) is 3.64. The fraction of sp³-hybridized carbons (Fsp3) is 0.882. The second kappa shape index (κ2) is 6.02. The van der Waals surface area contributed by atoms with Gasteiger partial charge < -0.3 is 4.43 Å². The van der Waals surface area contributed by atoms with Crippen LogP contribution in [0.1, 0.15) is 66.2 Å². The summed E-state index contributed by atoms with van der Waals surface area (Å²) in [5.74, 6) is 2.87. The van der Waals surface area contributed by atoms with Gasteiger partial charge in [0.15, 0.2) is 8.32 Å². The molecule has 0 aromatic heterocycles. The van der Waals surface area contributed by atoms with Crippen LogP contribution in [-0.4, -0.2) is 14.4 Å². The standard InChI is InChI=1S/C17H32OSi/c1-8-11-15(17(12-9-2)13-10-14-17)18-19(6,7)16(3,4)5/h1,15H,9-14H2,2-7H3. The highest BCUT2D eigenvalue weighted by molar-refractivity contribution is 6.74. The number of rotatable bonds is 6. The van der Waals surface area contributed by atoms with Gasteiger partial charge in [-0.25, -0.2) is 0 Å². The van der Waals surface area contributed by atoms with Crippen LogP contribution in [0.3, 0.4) is 0 Å². The number of hydrogen-bond acceptors (Lipinski definition) is 1. The molecule has 19 heavy (non-hydrogen) atoms. The molecule has 1 rings (SSSR count). The maximum absolute atomic E-state index is 6.70. The van der Waals surface area contributed by atoms with E-state index in [9.17, 15) is 0 Å². The summed E-state index contributed by atoms with van der Waals surface area (Å²) in [5.41, 5.74) is 0.386. The van der Waals surface area contributed by atoms with Crippen molar-refractivity contribution in [1.82, 2.24) is 0 Å². The van der Waals surface area contributed by atoms with Gasteiger partial charge in [-0.2, -0.15) is 0 Å². The molecule has 0 amide bonds. The smallest absolute Gasteiger partial charge is 0.192 e. The molecular formula is C17H32OSi. The lowest BCUT2D eigenvalue weighted by molar-refractivity contribution is -0.0301. The second-order valence-electron chi connectivity index (χ2n) is 7.74. The van der Waals surface area contributed by atoms with E-state index < -0.39 is 8.32 Å². The Bertz CT molecular complexity index is 328. The lowest BCUT2D eigenvalue weighted by Gasteiger charge is -2.51. The third-order valence-electron chi connectivity index (χ3n) is 5.33. The van der Waals surface area contributed by atoms with E-state index in [2.05, 4.69) is 46.7 Å². The molecule has 1 unspecified atom stereocenters. The van der Waals surface area contributed by atoms with Gasteiger partial charge in [-0.05, 0) is 42.8 Å². The molecule has 0 heterocycles. The first kappa shape index (κ1) is 16.8. The van der Waals surface area contributed by atoms with E-state index in [0.717, 1.165) is 6.42 Å². The number of hydrogen-bond donors (Lipinski definition) is 0. The molecule has 1 saturated carbocycles. The van der Waals surface area contributed by atoms with E-state index in [0.29, 0.717) is 5.41 Å². The molecule has 1 fully saturated rings. The van der Waals surface area contributed by atoms with Crippen molar-refractivity contribution in [3.63, 3.8) is 0 Å². The van der Waals surface area contributed by atoms with E-state index in [1.165, 1.54) is 32.1 Å². The summed E-state index contributed by atoms with van der Waals surface area (Å²) >= 11 is 0. The molecule has 0 spiro atoms. The van der Waals surface area contributed by atoms with Gasteiger partial charge in [-0.1, -0.05) is 40.5 Å². The Morgan fingerprint density at radius 3 is 2.21 bits per heavy atom. The summed E-state index contributed by atoms with van der Waals surface area (Å²) in [7, 11) is -1.72. The van der Waals surface area contributed by atoms with E-state index in [-0.39, 0.29) is 11.1 Å². The van der Waals surface area contributed by atoms with Gasteiger partial charge >= 0.3 is 0 Å². The van der Waals surface area contributed by atoms with Crippen molar-refractivity contribution in [2.75, 3.05) is 0 Å². The highest BCUT2D eigenvalue weighted by Crippen LogP contribution is 2.51. The zero-order valence-electron chi connectivity index (χ0n) is 13.8. The molecule has 0 radical (unpaired) electrons. The van der Waals surface area contributed by atoms with Crippen molar-refractivity contribution in [2.45, 2.75) is 90.5 Å². The maximum atomic E-state index is 6.70. The zero-order chi connectivity index (χ0) is 14.7. The van der Waals surface area contributed by atoms with Gasteiger partial charge in [0.2, 0.25) is 0 Å². The fourth-order valence-corrected chi connectivity index (χ4v) is 4.28. The van der Waals surface area contributed by atoms with Crippen LogP contribution in [-0.2, 0) is 4.43 Å². The third-order valence-corrected chi connectivity index (χ3v) is 9.81. The van der Waals surface area contributed by atoms with Gasteiger partial charge in [-0.3, -0.25) is 0 Å². The van der Waals surface area contributed by atoms with Crippen molar-refractivity contribution in [3.8, 4) is 12.3 Å². The van der Waals surface area contributed by atoms with Crippen molar-refractivity contribution in [2.24, 2.45) is 5.41 Å². The van der Waals surface area contributed by atoms with Crippen LogP contribution in [0, 0.1) is 17.8 Å². The highest BCUT2D eigenvalue weighted by atomic mass is 28.4. The van der Waals surface area contributed by atoms with Crippen LogP contribution in [0.25, 0.3) is 0 Å². The summed E-state index contributed by atoms with van der Waals surface area (Å²) in [5, 5.41) is 0.261. The molecule has 0 saturated heterocycles. The molecule has 1 atom stereocenters. The lowest BCUT2D eigenvalue weighted by atomic mass is 9.62. The monoisotopic (exact) mass is 280 g/mol. The van der Waals surface area contributed by atoms with Crippen molar-refractivity contribution in [1.29, 1.82) is 0 Å². The van der Waals surface area contributed by atoms with E-state index in [1.54, 1.807) is 0 Å². The Hall–Kier alpha value is -0.263. The average Bonchev–Trinajstić information content (AvgIpc) is 2.21. The van der Waals surface area contributed by atoms with Gasteiger partial charge in [0.25, 0.3) is 0 Å². The fourth-order valence-electron chi connectivity index (χ4n) is 2.88. The largest absolute Gasteiger partial charge is 0.412 e. The molecule has 1 aliphatic carbocycles. The Morgan fingerprint density at radius 1 is 1.32 bits per heavy atom. The van der Waals surface area contributed by atoms with E-state index >= 15 is 0 Å². The molecular weight excluding hydrogens is 248 g/mol. The maximum Gasteiger partial charge on any atom is 0.192 e. The molecule has 0 aromatic rings. The summed E-state index contributed by atoms with van der Waals surface area (Å²) in [6.07, 6.45) is 13.2. The molecule has 1 aliphatic rings. The van der Waals surface area contributed by atoms with Crippen LogP contribution in [0.15, 0.2) is 0 Å². The van der Waals surface area contributed by atoms with Crippen molar-refractivity contribution < 1.29 is 4.43 Å². The van der Waals surface area contributed by atoms with E-state index in [4.69, 9.17) is 10.8 Å². The first-order valence-corrected chi connectivity index (χ1v) is 10.7. The predicted octanol–water partition coefficient (Wildman–Crippen LogP) is 5.37. The van der Waals surface area contributed by atoms with Crippen molar-refractivity contribution in [3.05, 3.63) is 0 Å². The molecule has 0 aliphatic heterocycles. The van der Waals surface area contributed by atoms with Crippen LogP contribution in [0.5, 0.6) is 0 Å². The molecule has 2 heteroatoms. The quantitative estimate of drug-likeness (QED) is 0.469. The van der Waals surface area contributed by atoms with Crippen LogP contribution >= 0.6 is 0 Å². The molecule has 0 bridgehead atoms. The predicted molar refractivity (Wildman–Crippen MR) is 86.7 cm³/mol. The summed E-state index contributed by atoms with van der Waals surface area (Å²) in [6.45, 7) is 13.9. The van der Waals surface area contributed by atoms with Crippen LogP contribution in [0.2, 0.25) is 18.1 Å². The summed E-state index contributed by atoms with van der Waals surface area (Å²) in [6, 6.07) is 0. The van der Waals surface area contributed by atoms with Gasteiger partial charge in [-0.15, -0.1) is 12.3 Å². The first-order chi connectivity index (χ1) is 8.68. The van der Waals surface area contributed by atoms with Gasteiger partial charge in [0.1, 0.15) is 0 Å². The average molecular weight is 281 g/mol. The minimum absolute atomic E-state index is 0.261. The van der Waals surface area contributed by atoms with Gasteiger partial charge in [0, 0.05) is 6.42 Å². The summed E-state index contributed by atoms with van der Waals surface area (Å²) < 4.78 is 6.70. The minimum Gasteiger partial charge on any atom is -0.412 e. The second-order valence-corrected chi connectivity index (χ2v) is 12.5. The Labute approximate surface area is 121 Å².